The van der Waals surface area contributed by atoms with Crippen LogP contribution in [0.2, 0.25) is 0 Å². The van der Waals surface area contributed by atoms with Crippen LogP contribution in [0.4, 0.5) is 0 Å². The summed E-state index contributed by atoms with van der Waals surface area (Å²) in [4.78, 5) is 13.2. The lowest BCUT2D eigenvalue weighted by atomic mass is 9.92. The largest absolute Gasteiger partial charge is 0.496 e. The topological polar surface area (TPSA) is 94.7 Å². The average molecular weight is 471 g/mol. The number of fused-ring (bicyclic) bond motifs is 3. The number of aromatic nitrogens is 6. The van der Waals surface area contributed by atoms with Gasteiger partial charge in [-0.25, -0.2) is 9.97 Å². The molecule has 0 saturated heterocycles. The van der Waals surface area contributed by atoms with Crippen LogP contribution < -0.4 is 4.74 Å². The molecule has 5 aromatic rings. The normalized spacial score (nSPS) is 14.2. The van der Waals surface area contributed by atoms with E-state index in [0.717, 1.165) is 67.5 Å². The van der Waals surface area contributed by atoms with Crippen LogP contribution in [0.3, 0.4) is 0 Å². The number of ether oxygens (including phenoxy) is 1. The van der Waals surface area contributed by atoms with Gasteiger partial charge in [0.2, 0.25) is 0 Å². The monoisotopic (exact) mass is 470 g/mol. The summed E-state index contributed by atoms with van der Waals surface area (Å²) in [5.74, 6) is 2.29. The fourth-order valence-corrected chi connectivity index (χ4v) is 5.36. The van der Waals surface area contributed by atoms with Crippen molar-refractivity contribution in [3.05, 3.63) is 52.1 Å². The number of benzene rings is 1. The Balaban J connectivity index is 1.56. The maximum atomic E-state index is 5.84. The van der Waals surface area contributed by atoms with Gasteiger partial charge in [-0.05, 0) is 71.6 Å². The third kappa shape index (κ3) is 3.34. The third-order valence-electron chi connectivity index (χ3n) is 7.53. The molecule has 0 atom stereocenters. The smallest absolute Gasteiger partial charge is 0.142 e. The van der Waals surface area contributed by atoms with E-state index in [1.807, 2.05) is 20.8 Å². The van der Waals surface area contributed by atoms with Crippen LogP contribution in [0.25, 0.3) is 33.1 Å². The van der Waals surface area contributed by atoms with Gasteiger partial charge in [-0.2, -0.15) is 5.10 Å². The van der Waals surface area contributed by atoms with Crippen LogP contribution in [0.15, 0.2) is 16.7 Å². The minimum atomic E-state index is 0.497. The van der Waals surface area contributed by atoms with Crippen LogP contribution in [0, 0.1) is 34.6 Å². The first-order valence-corrected chi connectivity index (χ1v) is 12.2. The summed E-state index contributed by atoms with van der Waals surface area (Å²) in [6.45, 7) is 10.1. The molecule has 0 radical (unpaired) electrons. The average Bonchev–Trinajstić information content (AvgIpc) is 3.40. The molecule has 8 heteroatoms. The molecular weight excluding hydrogens is 440 g/mol. The Kier molecular flexibility index (Phi) is 4.95. The highest BCUT2D eigenvalue weighted by Crippen LogP contribution is 2.40. The number of H-pyrrole nitrogens is 1. The van der Waals surface area contributed by atoms with Crippen molar-refractivity contribution in [3.8, 4) is 16.9 Å². The van der Waals surface area contributed by atoms with Gasteiger partial charge in [-0.15, -0.1) is 0 Å². The Hall–Kier alpha value is -3.68. The van der Waals surface area contributed by atoms with Gasteiger partial charge in [0.05, 0.1) is 35.8 Å². The predicted octanol–water partition coefficient (Wildman–Crippen LogP) is 5.83. The van der Waals surface area contributed by atoms with Crippen molar-refractivity contribution in [1.29, 1.82) is 0 Å². The molecule has 0 bridgehead atoms. The predicted molar refractivity (Wildman–Crippen MR) is 135 cm³/mol. The molecule has 1 fully saturated rings. The number of rotatable bonds is 5. The zero-order valence-corrected chi connectivity index (χ0v) is 21.1. The molecule has 0 unspecified atom stereocenters. The van der Waals surface area contributed by atoms with Crippen molar-refractivity contribution >= 4 is 21.9 Å². The number of nitrogens with zero attached hydrogens (tertiary/aromatic N) is 5. The maximum Gasteiger partial charge on any atom is 0.142 e. The second-order valence-electron chi connectivity index (χ2n) is 9.73. The zero-order valence-electron chi connectivity index (χ0n) is 21.1. The van der Waals surface area contributed by atoms with Crippen molar-refractivity contribution in [3.63, 3.8) is 0 Å². The first-order chi connectivity index (χ1) is 16.9. The molecule has 8 nitrogen and oxygen atoms in total. The summed E-state index contributed by atoms with van der Waals surface area (Å²) < 4.78 is 13.5. The molecule has 6 rings (SSSR count). The van der Waals surface area contributed by atoms with Crippen LogP contribution in [0.1, 0.15) is 65.2 Å². The molecule has 180 valence electrons. The second-order valence-corrected chi connectivity index (χ2v) is 9.73. The molecular formula is C27H30N6O2. The van der Waals surface area contributed by atoms with Gasteiger partial charge in [0.25, 0.3) is 0 Å². The van der Waals surface area contributed by atoms with E-state index >= 15 is 0 Å². The van der Waals surface area contributed by atoms with E-state index < -0.39 is 0 Å². The molecule has 1 aliphatic carbocycles. The van der Waals surface area contributed by atoms with Crippen LogP contribution in [0.5, 0.6) is 5.75 Å². The standard InChI is InChI=1S/C27H30N6O2/c1-13-14(2)31-33(18-8-7-9-18)23(13)12-22-26-19-11-24(34-6)20(25-15(3)32-35-16(25)4)10-21(19)30-27(26)29-17(5)28-22/h10-11,18H,7-9,12H2,1-6H3,(H,28,29,30). The van der Waals surface area contributed by atoms with Gasteiger partial charge in [0.15, 0.2) is 0 Å². The molecule has 1 aromatic carbocycles. The highest BCUT2D eigenvalue weighted by atomic mass is 16.5. The lowest BCUT2D eigenvalue weighted by Gasteiger charge is -2.27. The van der Waals surface area contributed by atoms with E-state index in [0.29, 0.717) is 12.5 Å². The summed E-state index contributed by atoms with van der Waals surface area (Å²) in [7, 11) is 1.70. The van der Waals surface area contributed by atoms with Crippen LogP contribution >= 0.6 is 0 Å². The first kappa shape index (κ1) is 21.8. The number of methoxy groups -OCH3 is 1. The Morgan fingerprint density at radius 3 is 2.54 bits per heavy atom. The number of aromatic amines is 1. The Labute approximate surface area is 203 Å². The highest BCUT2D eigenvalue weighted by Gasteiger charge is 2.26. The molecule has 4 aromatic heterocycles. The lowest BCUT2D eigenvalue weighted by molar-refractivity contribution is 0.282. The molecule has 35 heavy (non-hydrogen) atoms. The molecule has 1 aliphatic rings. The Bertz CT molecular complexity index is 1580. The van der Waals surface area contributed by atoms with Gasteiger partial charge in [-0.3, -0.25) is 4.68 Å². The van der Waals surface area contributed by atoms with E-state index in [4.69, 9.17) is 24.3 Å². The minimum Gasteiger partial charge on any atom is -0.496 e. The number of hydrogen-bond donors (Lipinski definition) is 1. The van der Waals surface area contributed by atoms with Gasteiger partial charge >= 0.3 is 0 Å². The van der Waals surface area contributed by atoms with E-state index in [2.05, 4.69) is 40.8 Å². The summed E-state index contributed by atoms with van der Waals surface area (Å²) in [5.41, 5.74) is 9.17. The first-order valence-electron chi connectivity index (χ1n) is 12.2. The molecule has 4 heterocycles. The highest BCUT2D eigenvalue weighted by molar-refractivity contribution is 6.09. The van der Waals surface area contributed by atoms with Crippen molar-refractivity contribution in [2.75, 3.05) is 7.11 Å². The van der Waals surface area contributed by atoms with Crippen LogP contribution in [-0.4, -0.2) is 37.0 Å². The van der Waals surface area contributed by atoms with Crippen molar-refractivity contribution in [2.24, 2.45) is 0 Å². The van der Waals surface area contributed by atoms with Gasteiger partial charge < -0.3 is 14.2 Å². The Morgan fingerprint density at radius 1 is 1.09 bits per heavy atom. The summed E-state index contributed by atoms with van der Waals surface area (Å²) in [6, 6.07) is 4.69. The van der Waals surface area contributed by atoms with Crippen molar-refractivity contribution < 1.29 is 9.26 Å². The van der Waals surface area contributed by atoms with Gasteiger partial charge in [-0.1, -0.05) is 5.16 Å². The van der Waals surface area contributed by atoms with E-state index in [-0.39, 0.29) is 0 Å². The fraction of sp³-hybridized carbons (Fsp3) is 0.407. The van der Waals surface area contributed by atoms with Crippen LogP contribution in [-0.2, 0) is 6.42 Å². The quantitative estimate of drug-likeness (QED) is 0.347. The van der Waals surface area contributed by atoms with E-state index in [9.17, 15) is 0 Å². The van der Waals surface area contributed by atoms with Crippen molar-refractivity contribution in [1.82, 2.24) is 29.9 Å². The summed E-state index contributed by atoms with van der Waals surface area (Å²) >= 11 is 0. The third-order valence-corrected chi connectivity index (χ3v) is 7.53. The summed E-state index contributed by atoms with van der Waals surface area (Å²) in [5, 5.41) is 11.1. The second kappa shape index (κ2) is 7.93. The molecule has 1 saturated carbocycles. The number of aryl methyl sites for hydroxylation is 4. The SMILES string of the molecule is COc1cc2c(cc1-c1c(C)noc1C)[nH]c1nc(C)nc(Cc3c(C)c(C)nn3C3CCC3)c12. The molecule has 0 spiro atoms. The van der Waals surface area contributed by atoms with Crippen molar-refractivity contribution in [2.45, 2.75) is 66.3 Å². The molecule has 1 N–H and O–H groups in total. The lowest BCUT2D eigenvalue weighted by Crippen LogP contribution is -2.21. The Morgan fingerprint density at radius 2 is 1.89 bits per heavy atom. The van der Waals surface area contributed by atoms with E-state index in [1.54, 1.807) is 7.11 Å². The zero-order chi connectivity index (χ0) is 24.4. The summed E-state index contributed by atoms with van der Waals surface area (Å²) in [6.07, 6.45) is 4.37. The minimum absolute atomic E-state index is 0.497. The maximum absolute atomic E-state index is 5.84. The van der Waals surface area contributed by atoms with Gasteiger partial charge in [0.1, 0.15) is 23.0 Å². The fourth-order valence-electron chi connectivity index (χ4n) is 5.36. The number of nitrogens with one attached hydrogen (secondary N) is 1. The van der Waals surface area contributed by atoms with E-state index in [1.165, 1.54) is 30.5 Å². The molecule has 0 amide bonds. The molecule has 0 aliphatic heterocycles. The van der Waals surface area contributed by atoms with Gasteiger partial charge in [0, 0.05) is 34.0 Å². The number of hydrogen-bond acceptors (Lipinski definition) is 6.